The molecule has 0 fully saturated rings. The minimum atomic E-state index is -0.711. The fourth-order valence-corrected chi connectivity index (χ4v) is 3.12. The van der Waals surface area contributed by atoms with Crippen molar-refractivity contribution in [1.82, 2.24) is 0 Å². The van der Waals surface area contributed by atoms with Gasteiger partial charge in [-0.15, -0.1) is 0 Å². The number of carbonyl (C=O) groups excluding carboxylic acids is 1. The van der Waals surface area contributed by atoms with E-state index >= 15 is 0 Å². The molecule has 1 aromatic rings. The average molecular weight is 405 g/mol. The molecule has 0 amide bonds. The highest BCUT2D eigenvalue weighted by Crippen LogP contribution is 2.25. The van der Waals surface area contributed by atoms with Gasteiger partial charge in [-0.25, -0.2) is 0 Å². The molecule has 1 aromatic carbocycles. The van der Waals surface area contributed by atoms with E-state index in [0.29, 0.717) is 0 Å². The van der Waals surface area contributed by atoms with E-state index in [0.717, 1.165) is 57.8 Å². The molecule has 3 nitrogen and oxygen atoms in total. The molecular weight excluding hydrogens is 360 g/mol. The minimum Gasteiger partial charge on any atom is -0.481 e. The number of benzene rings is 1. The SMILES string of the molecule is CC.CC(=O)C(C)(C)CCCCCc1ccc(CCCCC(C)(C)C(=O)O)cc1. The number of rotatable bonds is 13. The number of aliphatic carboxylic acids is 1. The Morgan fingerprint density at radius 1 is 0.724 bits per heavy atom. The Hall–Kier alpha value is -1.64. The zero-order valence-electron chi connectivity index (χ0n) is 19.9. The molecule has 0 saturated heterocycles. The maximum atomic E-state index is 11.5. The van der Waals surface area contributed by atoms with E-state index in [4.69, 9.17) is 5.11 Å². The summed E-state index contributed by atoms with van der Waals surface area (Å²) in [5.41, 5.74) is 1.90. The van der Waals surface area contributed by atoms with Gasteiger partial charge in [0.05, 0.1) is 5.41 Å². The van der Waals surface area contributed by atoms with Gasteiger partial charge < -0.3 is 5.11 Å². The summed E-state index contributed by atoms with van der Waals surface area (Å²) < 4.78 is 0. The number of carboxylic acids is 1. The number of unbranched alkanes of at least 4 members (excludes halogenated alkanes) is 3. The molecule has 0 radical (unpaired) electrons. The molecule has 0 aromatic heterocycles. The molecule has 0 aliphatic rings. The van der Waals surface area contributed by atoms with Crippen LogP contribution >= 0.6 is 0 Å². The lowest BCUT2D eigenvalue weighted by Gasteiger charge is -2.20. The van der Waals surface area contributed by atoms with Crippen molar-refractivity contribution in [3.63, 3.8) is 0 Å². The molecule has 0 spiro atoms. The molecule has 0 aliphatic carbocycles. The van der Waals surface area contributed by atoms with E-state index in [1.807, 2.05) is 27.7 Å². The fraction of sp³-hybridized carbons (Fsp3) is 0.692. The third kappa shape index (κ3) is 11.2. The van der Waals surface area contributed by atoms with Crippen LogP contribution < -0.4 is 0 Å². The second-order valence-corrected chi connectivity index (χ2v) is 9.21. The van der Waals surface area contributed by atoms with Gasteiger partial charge >= 0.3 is 5.97 Å². The number of carboxylic acid groups (broad SMARTS) is 1. The first-order valence-corrected chi connectivity index (χ1v) is 11.4. The predicted molar refractivity (Wildman–Crippen MR) is 123 cm³/mol. The highest BCUT2D eigenvalue weighted by atomic mass is 16.4. The van der Waals surface area contributed by atoms with E-state index in [1.54, 1.807) is 20.8 Å². The van der Waals surface area contributed by atoms with Gasteiger partial charge in [0, 0.05) is 5.41 Å². The molecule has 1 rings (SSSR count). The van der Waals surface area contributed by atoms with Crippen molar-refractivity contribution in [2.45, 2.75) is 106 Å². The van der Waals surface area contributed by atoms with Crippen LogP contribution in [0.2, 0.25) is 0 Å². The summed E-state index contributed by atoms with van der Waals surface area (Å²) in [5, 5.41) is 9.14. The number of aryl methyl sites for hydroxylation is 2. The van der Waals surface area contributed by atoms with E-state index in [2.05, 4.69) is 24.3 Å². The zero-order valence-corrected chi connectivity index (χ0v) is 19.9. The van der Waals surface area contributed by atoms with E-state index in [9.17, 15) is 9.59 Å². The Morgan fingerprint density at radius 3 is 1.52 bits per heavy atom. The van der Waals surface area contributed by atoms with E-state index < -0.39 is 11.4 Å². The summed E-state index contributed by atoms with van der Waals surface area (Å²) in [4.78, 5) is 22.6. The normalized spacial score (nSPS) is 11.6. The van der Waals surface area contributed by atoms with Crippen LogP contribution in [0.1, 0.15) is 105 Å². The van der Waals surface area contributed by atoms with Gasteiger partial charge in [-0.1, -0.05) is 71.2 Å². The lowest BCUT2D eigenvalue weighted by molar-refractivity contribution is -0.147. The maximum Gasteiger partial charge on any atom is 0.309 e. The van der Waals surface area contributed by atoms with Gasteiger partial charge in [-0.3, -0.25) is 9.59 Å². The highest BCUT2D eigenvalue weighted by molar-refractivity contribution is 5.81. The van der Waals surface area contributed by atoms with Crippen LogP contribution in [-0.2, 0) is 22.4 Å². The fourth-order valence-electron chi connectivity index (χ4n) is 3.12. The summed E-state index contributed by atoms with van der Waals surface area (Å²) in [6.45, 7) is 13.4. The Labute approximate surface area is 179 Å². The number of hydrogen-bond acceptors (Lipinski definition) is 2. The predicted octanol–water partition coefficient (Wildman–Crippen LogP) is 7.25. The van der Waals surface area contributed by atoms with Gasteiger partial charge in [0.15, 0.2) is 0 Å². The first-order valence-electron chi connectivity index (χ1n) is 11.4. The van der Waals surface area contributed by atoms with E-state index in [-0.39, 0.29) is 11.2 Å². The van der Waals surface area contributed by atoms with Gasteiger partial charge in [-0.2, -0.15) is 0 Å². The van der Waals surface area contributed by atoms with Crippen LogP contribution in [0.5, 0.6) is 0 Å². The number of hydrogen-bond donors (Lipinski definition) is 1. The summed E-state index contributed by atoms with van der Waals surface area (Å²) in [6.07, 6.45) is 9.21. The summed E-state index contributed by atoms with van der Waals surface area (Å²) in [5.74, 6) is -0.429. The largest absolute Gasteiger partial charge is 0.481 e. The van der Waals surface area contributed by atoms with Crippen LogP contribution in [0.3, 0.4) is 0 Å². The molecule has 0 bridgehead atoms. The van der Waals surface area contributed by atoms with Crippen LogP contribution in [0.15, 0.2) is 24.3 Å². The van der Waals surface area contributed by atoms with Crippen LogP contribution in [0.4, 0.5) is 0 Å². The Kier molecular flexibility index (Phi) is 12.8. The van der Waals surface area contributed by atoms with Crippen LogP contribution in [0.25, 0.3) is 0 Å². The Balaban J connectivity index is 0.00000379. The molecule has 166 valence electrons. The molecule has 29 heavy (non-hydrogen) atoms. The first kappa shape index (κ1) is 27.4. The zero-order chi connectivity index (χ0) is 22.5. The van der Waals surface area contributed by atoms with Crippen molar-refractivity contribution in [1.29, 1.82) is 0 Å². The lowest BCUT2D eigenvalue weighted by atomic mass is 9.83. The summed E-state index contributed by atoms with van der Waals surface area (Å²) >= 11 is 0. The highest BCUT2D eigenvalue weighted by Gasteiger charge is 2.26. The number of Topliss-reactive ketones (excluding diaryl/α,β-unsaturated/α-hetero) is 1. The van der Waals surface area contributed by atoms with Crippen molar-refractivity contribution in [2.75, 3.05) is 0 Å². The molecule has 3 heteroatoms. The van der Waals surface area contributed by atoms with Crippen molar-refractivity contribution >= 4 is 11.8 Å². The second kappa shape index (κ2) is 13.6. The molecular formula is C26H44O3. The second-order valence-electron chi connectivity index (χ2n) is 9.21. The lowest BCUT2D eigenvalue weighted by Crippen LogP contribution is -2.23. The van der Waals surface area contributed by atoms with Gasteiger partial charge in [0.25, 0.3) is 0 Å². The molecule has 0 saturated carbocycles. The summed E-state index contributed by atoms with van der Waals surface area (Å²) in [7, 11) is 0. The Morgan fingerprint density at radius 2 is 1.10 bits per heavy atom. The van der Waals surface area contributed by atoms with Gasteiger partial charge in [0.2, 0.25) is 0 Å². The Bertz CT molecular complexity index is 597. The average Bonchev–Trinajstić information content (AvgIpc) is 2.67. The topological polar surface area (TPSA) is 54.4 Å². The minimum absolute atomic E-state index is 0.179. The molecule has 0 unspecified atom stereocenters. The number of carbonyl (C=O) groups is 2. The molecule has 0 heterocycles. The third-order valence-corrected chi connectivity index (χ3v) is 5.84. The standard InChI is InChI=1S/C24H38O3.C2H6/c1-19(25)23(2,3)17-9-6-7-11-20-13-15-21(16-14-20)12-8-10-18-24(4,5)22(26)27;1-2/h13-16H,6-12,17-18H2,1-5H3,(H,26,27);1-2H3. The monoisotopic (exact) mass is 404 g/mol. The smallest absolute Gasteiger partial charge is 0.309 e. The van der Waals surface area contributed by atoms with E-state index in [1.165, 1.54) is 11.1 Å². The van der Waals surface area contributed by atoms with Crippen molar-refractivity contribution < 1.29 is 14.7 Å². The summed E-state index contributed by atoms with van der Waals surface area (Å²) in [6, 6.07) is 8.85. The van der Waals surface area contributed by atoms with Crippen molar-refractivity contribution in [3.8, 4) is 0 Å². The van der Waals surface area contributed by atoms with Crippen molar-refractivity contribution in [2.24, 2.45) is 10.8 Å². The van der Waals surface area contributed by atoms with Crippen molar-refractivity contribution in [3.05, 3.63) is 35.4 Å². The number of ketones is 1. The van der Waals surface area contributed by atoms with Crippen LogP contribution in [-0.4, -0.2) is 16.9 Å². The van der Waals surface area contributed by atoms with Gasteiger partial charge in [-0.05, 0) is 70.4 Å². The maximum absolute atomic E-state index is 11.5. The van der Waals surface area contributed by atoms with Gasteiger partial charge in [0.1, 0.15) is 5.78 Å². The molecule has 1 N–H and O–H groups in total. The molecule has 0 atom stereocenters. The third-order valence-electron chi connectivity index (χ3n) is 5.84. The van der Waals surface area contributed by atoms with Crippen LogP contribution in [0, 0.1) is 10.8 Å². The quantitative estimate of drug-likeness (QED) is 0.352. The first-order chi connectivity index (χ1) is 13.5. The molecule has 0 aliphatic heterocycles.